The highest BCUT2D eigenvalue weighted by Crippen LogP contribution is 2.04. The molecule has 0 amide bonds. The summed E-state index contributed by atoms with van der Waals surface area (Å²) in [6, 6.07) is 0. The molecule has 0 radical (unpaired) electrons. The largest absolute Gasteiger partial charge is 0.0929 e. The lowest BCUT2D eigenvalue weighted by Crippen LogP contribution is -1.64. The fraction of sp³-hybridized carbons (Fsp3) is 0.250. The number of halogens is 2. The first kappa shape index (κ1) is 9.99. The summed E-state index contributed by atoms with van der Waals surface area (Å²) >= 11 is 8.67. The molecule has 0 unspecified atom stereocenters. The van der Waals surface area contributed by atoms with E-state index in [1.165, 1.54) is 5.54 Å². The molecular weight excluding hydrogens is 211 g/mol. The molecule has 0 saturated carbocycles. The van der Waals surface area contributed by atoms with Crippen molar-refractivity contribution in [2.75, 3.05) is 0 Å². The fourth-order valence-corrected chi connectivity index (χ4v) is 0.732. The van der Waals surface area contributed by atoms with Gasteiger partial charge in [-0.3, -0.25) is 0 Å². The number of hydrogen-bond donors (Lipinski definition) is 0. The lowest BCUT2D eigenvalue weighted by atomic mass is 10.3. The number of allylic oxidation sites excluding steroid dienone is 5. The van der Waals surface area contributed by atoms with Gasteiger partial charge in [0.2, 0.25) is 0 Å². The summed E-state index contributed by atoms with van der Waals surface area (Å²) < 4.78 is 1.11. The maximum atomic E-state index is 5.36. The zero-order valence-electron chi connectivity index (χ0n) is 6.07. The Balaban J connectivity index is 4.05. The standard InChI is InChI=1S/C8H10BrCl/c1-7(5-6-10)3-4-8(2)9/h3-6H,1-2H3/b6-5+,7-3-,8-4+. The van der Waals surface area contributed by atoms with Crippen LogP contribution in [0, 0.1) is 0 Å². The highest BCUT2D eigenvalue weighted by molar-refractivity contribution is 9.11. The van der Waals surface area contributed by atoms with Crippen molar-refractivity contribution in [3.05, 3.63) is 33.8 Å². The molecule has 0 bridgehead atoms. The molecule has 0 aliphatic rings. The molecule has 0 aromatic carbocycles. The summed E-state index contributed by atoms with van der Waals surface area (Å²) in [5.41, 5.74) is 2.64. The average molecular weight is 222 g/mol. The molecule has 2 heteroatoms. The lowest BCUT2D eigenvalue weighted by molar-refractivity contribution is 1.52. The molecule has 0 nitrogen and oxygen atoms in total. The summed E-state index contributed by atoms with van der Waals surface area (Å²) in [7, 11) is 0. The third kappa shape index (κ3) is 6.12. The minimum Gasteiger partial charge on any atom is -0.0929 e. The molecule has 0 aliphatic heterocycles. The van der Waals surface area contributed by atoms with Crippen LogP contribution in [0.25, 0.3) is 0 Å². The fourth-order valence-electron chi connectivity index (χ4n) is 0.401. The van der Waals surface area contributed by atoms with Gasteiger partial charge in [-0.15, -0.1) is 0 Å². The van der Waals surface area contributed by atoms with Crippen LogP contribution < -0.4 is 0 Å². The van der Waals surface area contributed by atoms with Gasteiger partial charge in [0.1, 0.15) is 0 Å². The Kier molecular flexibility index (Phi) is 5.74. The van der Waals surface area contributed by atoms with Gasteiger partial charge in [0, 0.05) is 5.54 Å². The van der Waals surface area contributed by atoms with Crippen molar-refractivity contribution in [2.24, 2.45) is 0 Å². The van der Waals surface area contributed by atoms with E-state index in [1.807, 2.05) is 32.1 Å². The maximum absolute atomic E-state index is 5.36. The summed E-state index contributed by atoms with van der Waals surface area (Å²) in [6.07, 6.45) is 5.81. The first-order chi connectivity index (χ1) is 4.66. The van der Waals surface area contributed by atoms with Crippen molar-refractivity contribution in [2.45, 2.75) is 13.8 Å². The van der Waals surface area contributed by atoms with Crippen molar-refractivity contribution >= 4 is 27.5 Å². The molecule has 0 saturated heterocycles. The lowest BCUT2D eigenvalue weighted by Gasteiger charge is -1.85. The molecule has 0 fully saturated rings. The van der Waals surface area contributed by atoms with Crippen molar-refractivity contribution < 1.29 is 0 Å². The Morgan fingerprint density at radius 2 is 1.90 bits per heavy atom. The van der Waals surface area contributed by atoms with Gasteiger partial charge < -0.3 is 0 Å². The minimum absolute atomic E-state index is 1.11. The van der Waals surface area contributed by atoms with Gasteiger partial charge in [-0.05, 0) is 24.4 Å². The molecule has 0 rings (SSSR count). The van der Waals surface area contributed by atoms with E-state index in [0.29, 0.717) is 0 Å². The highest BCUT2D eigenvalue weighted by Gasteiger charge is 1.77. The van der Waals surface area contributed by atoms with Crippen LogP contribution in [0.1, 0.15) is 13.8 Å². The zero-order chi connectivity index (χ0) is 7.98. The van der Waals surface area contributed by atoms with Crippen molar-refractivity contribution in [3.8, 4) is 0 Å². The molecule has 0 spiro atoms. The van der Waals surface area contributed by atoms with E-state index < -0.39 is 0 Å². The summed E-state index contributed by atoms with van der Waals surface area (Å²) in [6.45, 7) is 3.97. The minimum atomic E-state index is 1.11. The van der Waals surface area contributed by atoms with Gasteiger partial charge in [-0.2, -0.15) is 0 Å². The van der Waals surface area contributed by atoms with Crippen molar-refractivity contribution in [1.29, 1.82) is 0 Å². The van der Waals surface area contributed by atoms with Crippen LogP contribution in [0.4, 0.5) is 0 Å². The number of hydrogen-bond acceptors (Lipinski definition) is 0. The van der Waals surface area contributed by atoms with E-state index in [4.69, 9.17) is 11.6 Å². The van der Waals surface area contributed by atoms with Gasteiger partial charge >= 0.3 is 0 Å². The molecule has 0 atom stereocenters. The molecule has 0 aromatic rings. The maximum Gasteiger partial charge on any atom is 0.00450 e. The highest BCUT2D eigenvalue weighted by atomic mass is 79.9. The summed E-state index contributed by atoms with van der Waals surface area (Å²) in [5, 5.41) is 0. The smallest absolute Gasteiger partial charge is 0.00450 e. The molecule has 0 aliphatic carbocycles. The molecule has 0 aromatic heterocycles. The second kappa shape index (κ2) is 5.75. The quantitative estimate of drug-likeness (QED) is 0.619. The summed E-state index contributed by atoms with van der Waals surface area (Å²) in [5.74, 6) is 0. The van der Waals surface area contributed by atoms with Crippen LogP contribution in [-0.4, -0.2) is 0 Å². The normalized spacial score (nSPS) is 14.8. The van der Waals surface area contributed by atoms with Crippen LogP contribution >= 0.6 is 27.5 Å². The first-order valence-electron chi connectivity index (χ1n) is 2.94. The van der Waals surface area contributed by atoms with Crippen LogP contribution in [-0.2, 0) is 0 Å². The van der Waals surface area contributed by atoms with Gasteiger partial charge in [0.05, 0.1) is 0 Å². The zero-order valence-corrected chi connectivity index (χ0v) is 8.41. The SMILES string of the molecule is CC(=C/C=C(\C)Br)/C=C/Cl. The Morgan fingerprint density at radius 3 is 2.30 bits per heavy atom. The van der Waals surface area contributed by atoms with Gasteiger partial charge in [0.15, 0.2) is 0 Å². The van der Waals surface area contributed by atoms with Gasteiger partial charge in [0.25, 0.3) is 0 Å². The van der Waals surface area contributed by atoms with E-state index in [0.717, 1.165) is 10.1 Å². The Labute approximate surface area is 75.4 Å². The monoisotopic (exact) mass is 220 g/mol. The van der Waals surface area contributed by atoms with Crippen LogP contribution in [0.2, 0.25) is 0 Å². The van der Waals surface area contributed by atoms with E-state index >= 15 is 0 Å². The second-order valence-electron chi connectivity index (χ2n) is 1.96. The van der Waals surface area contributed by atoms with E-state index in [2.05, 4.69) is 15.9 Å². The van der Waals surface area contributed by atoms with Crippen LogP contribution in [0.15, 0.2) is 33.8 Å². The van der Waals surface area contributed by atoms with Gasteiger partial charge in [-0.25, -0.2) is 0 Å². The van der Waals surface area contributed by atoms with E-state index in [1.54, 1.807) is 0 Å². The molecule has 10 heavy (non-hydrogen) atoms. The molecule has 0 heterocycles. The molecule has 0 N–H and O–H groups in total. The van der Waals surface area contributed by atoms with E-state index in [-0.39, 0.29) is 0 Å². The first-order valence-corrected chi connectivity index (χ1v) is 4.17. The summed E-state index contributed by atoms with van der Waals surface area (Å²) in [4.78, 5) is 0. The third-order valence-electron chi connectivity index (χ3n) is 0.902. The van der Waals surface area contributed by atoms with Crippen molar-refractivity contribution in [3.63, 3.8) is 0 Å². The van der Waals surface area contributed by atoms with Gasteiger partial charge in [-0.1, -0.05) is 45.3 Å². The topological polar surface area (TPSA) is 0 Å². The Bertz CT molecular complexity index is 174. The molecule has 56 valence electrons. The second-order valence-corrected chi connectivity index (χ2v) is 3.46. The van der Waals surface area contributed by atoms with E-state index in [9.17, 15) is 0 Å². The van der Waals surface area contributed by atoms with Crippen molar-refractivity contribution in [1.82, 2.24) is 0 Å². The Hall–Kier alpha value is -0.0100. The van der Waals surface area contributed by atoms with Crippen LogP contribution in [0.3, 0.4) is 0 Å². The Morgan fingerprint density at radius 1 is 1.30 bits per heavy atom. The molecular formula is C8H10BrCl. The average Bonchev–Trinajstić information content (AvgIpc) is 1.85. The van der Waals surface area contributed by atoms with Crippen LogP contribution in [0.5, 0.6) is 0 Å². The predicted molar refractivity (Wildman–Crippen MR) is 51.4 cm³/mol. The number of rotatable bonds is 2. The predicted octanol–water partition coefficient (Wildman–Crippen LogP) is 3.98. The third-order valence-corrected chi connectivity index (χ3v) is 1.29.